The molecule has 1 aliphatic heterocycles. The third-order valence-corrected chi connectivity index (χ3v) is 4.07. The molecule has 0 fully saturated rings. The fourth-order valence-electron chi connectivity index (χ4n) is 1.68. The maximum Gasteiger partial charge on any atom is 0.0575 e. The van der Waals surface area contributed by atoms with Crippen molar-refractivity contribution in [2.75, 3.05) is 0 Å². The van der Waals surface area contributed by atoms with Crippen molar-refractivity contribution in [2.24, 2.45) is 0 Å². The molecule has 0 saturated carbocycles. The van der Waals surface area contributed by atoms with Gasteiger partial charge in [0.2, 0.25) is 0 Å². The molecule has 1 aliphatic rings. The third-order valence-electron chi connectivity index (χ3n) is 2.43. The lowest BCUT2D eigenvalue weighted by Gasteiger charge is -2.02. The fourth-order valence-corrected chi connectivity index (χ4v) is 3.00. The average Bonchev–Trinajstić information content (AvgIpc) is 2.28. The van der Waals surface area contributed by atoms with Crippen LogP contribution >= 0.6 is 0 Å². The Morgan fingerprint density at radius 3 is 3.00 bits per heavy atom. The van der Waals surface area contributed by atoms with Crippen molar-refractivity contribution in [2.45, 2.75) is 24.9 Å². The van der Waals surface area contributed by atoms with Crippen LogP contribution in [-0.2, 0) is 16.6 Å². The van der Waals surface area contributed by atoms with E-state index in [1.165, 1.54) is 16.7 Å². The van der Waals surface area contributed by atoms with Crippen LogP contribution in [0.4, 0.5) is 0 Å². The van der Waals surface area contributed by atoms with Crippen LogP contribution in [0.5, 0.6) is 0 Å². The average molecular weight is 180 g/mol. The molecule has 2 heteroatoms. The maximum absolute atomic E-state index is 11.5. The van der Waals surface area contributed by atoms with Crippen molar-refractivity contribution in [1.82, 2.24) is 0 Å². The van der Waals surface area contributed by atoms with Crippen LogP contribution in [0.25, 0.3) is 0 Å². The Balaban J connectivity index is 2.54. The first kappa shape index (κ1) is 7.99. The number of benzene rings is 1. The van der Waals surface area contributed by atoms with Crippen LogP contribution in [0.15, 0.2) is 18.2 Å². The van der Waals surface area contributed by atoms with Crippen molar-refractivity contribution in [1.29, 1.82) is 0 Å². The molecule has 2 atom stereocenters. The Bertz CT molecular complexity index is 344. The molecule has 2 rings (SSSR count). The van der Waals surface area contributed by atoms with Gasteiger partial charge in [-0.25, -0.2) is 0 Å². The molecule has 1 nitrogen and oxygen atoms in total. The number of hydrogen-bond donors (Lipinski definition) is 0. The summed E-state index contributed by atoms with van der Waals surface area (Å²) in [5.74, 6) is 0.748. The summed E-state index contributed by atoms with van der Waals surface area (Å²) in [6.07, 6.45) is 0. The van der Waals surface area contributed by atoms with Gasteiger partial charge in [-0.3, -0.25) is 4.21 Å². The van der Waals surface area contributed by atoms with E-state index in [1.54, 1.807) is 0 Å². The fraction of sp³-hybridized carbons (Fsp3) is 0.400. The summed E-state index contributed by atoms with van der Waals surface area (Å²) in [5, 5.41) is 0.237. The quantitative estimate of drug-likeness (QED) is 0.599. The molecule has 0 aliphatic carbocycles. The van der Waals surface area contributed by atoms with Crippen molar-refractivity contribution >= 4 is 10.8 Å². The minimum Gasteiger partial charge on any atom is -0.259 e. The van der Waals surface area contributed by atoms with E-state index >= 15 is 0 Å². The summed E-state index contributed by atoms with van der Waals surface area (Å²) in [7, 11) is -0.672. The van der Waals surface area contributed by atoms with Gasteiger partial charge in [0.05, 0.1) is 5.25 Å². The highest BCUT2D eigenvalue weighted by atomic mass is 32.2. The Labute approximate surface area is 75.3 Å². The zero-order chi connectivity index (χ0) is 8.72. The third kappa shape index (κ3) is 1.11. The molecular formula is C10H12OS. The van der Waals surface area contributed by atoms with Gasteiger partial charge in [0, 0.05) is 16.6 Å². The summed E-state index contributed by atoms with van der Waals surface area (Å²) < 4.78 is 11.5. The van der Waals surface area contributed by atoms with Gasteiger partial charge in [-0.05, 0) is 25.0 Å². The van der Waals surface area contributed by atoms with E-state index in [0.29, 0.717) is 0 Å². The predicted molar refractivity (Wildman–Crippen MR) is 51.4 cm³/mol. The summed E-state index contributed by atoms with van der Waals surface area (Å²) in [4.78, 5) is 0. The zero-order valence-corrected chi connectivity index (χ0v) is 8.15. The first-order valence-electron chi connectivity index (χ1n) is 4.15. The van der Waals surface area contributed by atoms with Gasteiger partial charge >= 0.3 is 0 Å². The maximum atomic E-state index is 11.5. The van der Waals surface area contributed by atoms with E-state index in [0.717, 1.165) is 5.75 Å². The molecule has 1 aromatic carbocycles. The Morgan fingerprint density at radius 1 is 1.50 bits per heavy atom. The SMILES string of the molecule is Cc1ccc2c(c1)CS(=O)[C@@H]2C. The minimum absolute atomic E-state index is 0.237. The molecule has 0 radical (unpaired) electrons. The normalized spacial score (nSPS) is 27.2. The highest BCUT2D eigenvalue weighted by molar-refractivity contribution is 7.84. The van der Waals surface area contributed by atoms with E-state index in [2.05, 4.69) is 25.1 Å². The van der Waals surface area contributed by atoms with E-state index in [-0.39, 0.29) is 5.25 Å². The molecule has 0 aromatic heterocycles. The summed E-state index contributed by atoms with van der Waals surface area (Å²) >= 11 is 0. The van der Waals surface area contributed by atoms with Gasteiger partial charge in [0.1, 0.15) is 0 Å². The molecule has 1 heterocycles. The van der Waals surface area contributed by atoms with Crippen LogP contribution in [0, 0.1) is 6.92 Å². The van der Waals surface area contributed by atoms with Crippen LogP contribution in [0.3, 0.4) is 0 Å². The van der Waals surface area contributed by atoms with Gasteiger partial charge in [0.15, 0.2) is 0 Å². The predicted octanol–water partition coefficient (Wildman–Crippen LogP) is 2.32. The first-order valence-corrected chi connectivity index (χ1v) is 5.53. The topological polar surface area (TPSA) is 17.1 Å². The molecule has 64 valence electrons. The lowest BCUT2D eigenvalue weighted by atomic mass is 10.0. The molecule has 12 heavy (non-hydrogen) atoms. The van der Waals surface area contributed by atoms with Gasteiger partial charge in [-0.2, -0.15) is 0 Å². The van der Waals surface area contributed by atoms with Gasteiger partial charge in [0.25, 0.3) is 0 Å². The second-order valence-electron chi connectivity index (χ2n) is 3.37. The molecule has 0 N–H and O–H groups in total. The van der Waals surface area contributed by atoms with Crippen LogP contribution in [0.2, 0.25) is 0 Å². The van der Waals surface area contributed by atoms with Gasteiger partial charge in [-0.1, -0.05) is 23.8 Å². The van der Waals surface area contributed by atoms with Crippen LogP contribution in [0.1, 0.15) is 28.9 Å². The van der Waals surface area contributed by atoms with Gasteiger partial charge in [-0.15, -0.1) is 0 Å². The lowest BCUT2D eigenvalue weighted by molar-refractivity contribution is 0.679. The molecule has 1 unspecified atom stereocenters. The van der Waals surface area contributed by atoms with Crippen molar-refractivity contribution in [3.63, 3.8) is 0 Å². The second-order valence-corrected chi connectivity index (χ2v) is 5.13. The number of fused-ring (bicyclic) bond motifs is 1. The van der Waals surface area contributed by atoms with E-state index < -0.39 is 10.8 Å². The Kier molecular flexibility index (Phi) is 1.80. The Hall–Kier alpha value is -0.630. The summed E-state index contributed by atoms with van der Waals surface area (Å²) in [6.45, 7) is 4.11. The monoisotopic (exact) mass is 180 g/mol. The highest BCUT2D eigenvalue weighted by Crippen LogP contribution is 2.33. The van der Waals surface area contributed by atoms with Crippen molar-refractivity contribution in [3.05, 3.63) is 34.9 Å². The molecule has 0 bridgehead atoms. The van der Waals surface area contributed by atoms with Crippen LogP contribution < -0.4 is 0 Å². The van der Waals surface area contributed by atoms with Crippen molar-refractivity contribution in [3.8, 4) is 0 Å². The molecular weight excluding hydrogens is 168 g/mol. The molecule has 0 saturated heterocycles. The summed E-state index contributed by atoms with van der Waals surface area (Å²) in [5.41, 5.74) is 3.82. The number of rotatable bonds is 0. The zero-order valence-electron chi connectivity index (χ0n) is 7.33. The molecule has 1 aromatic rings. The van der Waals surface area contributed by atoms with Crippen LogP contribution in [-0.4, -0.2) is 4.21 Å². The van der Waals surface area contributed by atoms with E-state index in [9.17, 15) is 4.21 Å². The highest BCUT2D eigenvalue weighted by Gasteiger charge is 2.24. The smallest absolute Gasteiger partial charge is 0.0575 e. The van der Waals surface area contributed by atoms with Crippen molar-refractivity contribution < 1.29 is 4.21 Å². The number of aryl methyl sites for hydroxylation is 1. The molecule has 0 spiro atoms. The standard InChI is InChI=1S/C10H12OS/c1-7-3-4-10-8(2)12(11)6-9(10)5-7/h3-5,8H,6H2,1-2H3/t8-,12?/m1/s1. The lowest BCUT2D eigenvalue weighted by Crippen LogP contribution is -1.92. The first-order chi connectivity index (χ1) is 5.68. The molecule has 0 amide bonds. The number of hydrogen-bond acceptors (Lipinski definition) is 1. The van der Waals surface area contributed by atoms with E-state index in [1.807, 2.05) is 6.92 Å². The second kappa shape index (κ2) is 2.70. The Morgan fingerprint density at radius 2 is 2.25 bits per heavy atom. The van der Waals surface area contributed by atoms with E-state index in [4.69, 9.17) is 0 Å². The largest absolute Gasteiger partial charge is 0.259 e. The summed E-state index contributed by atoms with van der Waals surface area (Å²) in [6, 6.07) is 6.36. The van der Waals surface area contributed by atoms with Gasteiger partial charge < -0.3 is 0 Å². The minimum atomic E-state index is -0.672.